The maximum Gasteiger partial charge on any atom is 0.347 e. The third-order valence-electron chi connectivity index (χ3n) is 3.80. The Kier molecular flexibility index (Phi) is 4.72. The molecule has 0 bridgehead atoms. The number of carbonyl (C=O) groups is 1. The third-order valence-corrected chi connectivity index (χ3v) is 4.03. The minimum absolute atomic E-state index is 0.0177. The Bertz CT molecular complexity index is 1020. The minimum Gasteiger partial charge on any atom is -0.422 e. The van der Waals surface area contributed by atoms with Crippen LogP contribution in [0.25, 0.3) is 17.0 Å². The summed E-state index contributed by atoms with van der Waals surface area (Å²) in [7, 11) is 3.92. The average Bonchev–Trinajstić information content (AvgIpc) is 2.59. The monoisotopic (exact) mass is 353 g/mol. The van der Waals surface area contributed by atoms with Crippen molar-refractivity contribution in [1.82, 2.24) is 0 Å². The van der Waals surface area contributed by atoms with Gasteiger partial charge in [0.05, 0.1) is 0 Å². The Morgan fingerprint density at radius 3 is 2.48 bits per heavy atom. The topological polar surface area (TPSA) is 50.5 Å². The molecule has 0 saturated carbocycles. The molecule has 1 heterocycles. The quantitative estimate of drug-likeness (QED) is 0.396. The second-order valence-corrected chi connectivity index (χ2v) is 6.25. The number of rotatable bonds is 4. The van der Waals surface area contributed by atoms with E-state index in [0.717, 1.165) is 11.3 Å². The van der Waals surface area contributed by atoms with Crippen LogP contribution < -0.4 is 10.5 Å². The average molecular weight is 354 g/mol. The van der Waals surface area contributed by atoms with Crippen LogP contribution in [0.3, 0.4) is 0 Å². The van der Waals surface area contributed by atoms with Crippen molar-refractivity contribution >= 4 is 40.1 Å². The molecule has 0 aliphatic carbocycles. The molecule has 25 heavy (non-hydrogen) atoms. The molecule has 0 fully saturated rings. The summed E-state index contributed by atoms with van der Waals surface area (Å²) in [5, 5.41) is 1.12. The molecule has 0 unspecified atom stereocenters. The number of hydrogen-bond acceptors (Lipinski definition) is 4. The van der Waals surface area contributed by atoms with E-state index < -0.39 is 11.4 Å². The first-order valence-corrected chi connectivity index (χ1v) is 8.05. The van der Waals surface area contributed by atoms with E-state index in [1.165, 1.54) is 12.1 Å². The summed E-state index contributed by atoms with van der Waals surface area (Å²) in [6.07, 6.45) is 3.04. The van der Waals surface area contributed by atoms with Crippen LogP contribution in [0.1, 0.15) is 15.9 Å². The van der Waals surface area contributed by atoms with Crippen LogP contribution in [0, 0.1) is 0 Å². The number of halogens is 1. The SMILES string of the molecule is CN(C)c1ccc(/C=C/C(=O)c2cc3cc(Cl)ccc3oc2=O)cc1. The van der Waals surface area contributed by atoms with Crippen LogP contribution in [-0.2, 0) is 0 Å². The Hall–Kier alpha value is -2.85. The van der Waals surface area contributed by atoms with Gasteiger partial charge in [-0.05, 0) is 48.0 Å². The third kappa shape index (κ3) is 3.80. The summed E-state index contributed by atoms with van der Waals surface area (Å²) in [4.78, 5) is 26.4. The van der Waals surface area contributed by atoms with E-state index in [-0.39, 0.29) is 5.56 Å². The van der Waals surface area contributed by atoms with E-state index in [0.29, 0.717) is 16.0 Å². The predicted molar refractivity (Wildman–Crippen MR) is 102 cm³/mol. The molecule has 1 aromatic heterocycles. The van der Waals surface area contributed by atoms with Gasteiger partial charge >= 0.3 is 5.63 Å². The highest BCUT2D eigenvalue weighted by atomic mass is 35.5. The van der Waals surface area contributed by atoms with E-state index in [1.54, 1.807) is 24.3 Å². The van der Waals surface area contributed by atoms with Gasteiger partial charge in [0.1, 0.15) is 11.1 Å². The molecule has 2 aromatic carbocycles. The molecule has 0 amide bonds. The lowest BCUT2D eigenvalue weighted by Gasteiger charge is -2.11. The summed E-state index contributed by atoms with van der Waals surface area (Å²) in [6.45, 7) is 0. The van der Waals surface area contributed by atoms with Crippen molar-refractivity contribution in [2.45, 2.75) is 0 Å². The first kappa shape index (κ1) is 17.0. The van der Waals surface area contributed by atoms with Crippen molar-refractivity contribution in [3.05, 3.63) is 81.2 Å². The molecule has 0 atom stereocenters. The highest BCUT2D eigenvalue weighted by molar-refractivity contribution is 6.31. The van der Waals surface area contributed by atoms with Crippen molar-refractivity contribution in [2.75, 3.05) is 19.0 Å². The molecule has 0 radical (unpaired) electrons. The Morgan fingerprint density at radius 2 is 1.80 bits per heavy atom. The summed E-state index contributed by atoms with van der Waals surface area (Å²) in [5.74, 6) is -0.410. The summed E-state index contributed by atoms with van der Waals surface area (Å²) in [6, 6.07) is 14.1. The van der Waals surface area contributed by atoms with Gasteiger partial charge in [0.2, 0.25) is 0 Å². The largest absolute Gasteiger partial charge is 0.422 e. The molecular weight excluding hydrogens is 338 g/mol. The van der Waals surface area contributed by atoms with E-state index in [1.807, 2.05) is 43.3 Å². The fraction of sp³-hybridized carbons (Fsp3) is 0.100. The van der Waals surface area contributed by atoms with E-state index in [9.17, 15) is 9.59 Å². The number of hydrogen-bond donors (Lipinski definition) is 0. The van der Waals surface area contributed by atoms with Crippen LogP contribution in [0.15, 0.2) is 63.8 Å². The number of benzene rings is 2. The molecule has 3 rings (SSSR count). The smallest absolute Gasteiger partial charge is 0.347 e. The second kappa shape index (κ2) is 6.95. The van der Waals surface area contributed by atoms with Gasteiger partial charge in [-0.2, -0.15) is 0 Å². The lowest BCUT2D eigenvalue weighted by Crippen LogP contribution is -2.11. The maximum atomic E-state index is 12.4. The van der Waals surface area contributed by atoms with Crippen molar-refractivity contribution < 1.29 is 9.21 Å². The number of nitrogens with zero attached hydrogens (tertiary/aromatic N) is 1. The van der Waals surface area contributed by atoms with Crippen LogP contribution in [-0.4, -0.2) is 19.9 Å². The standard InChI is InChI=1S/C20H16ClNO3/c1-22(2)16-7-3-13(4-8-16)5-9-18(23)17-12-14-11-15(21)6-10-19(14)25-20(17)24/h3-12H,1-2H3/b9-5+. The lowest BCUT2D eigenvalue weighted by atomic mass is 10.1. The van der Waals surface area contributed by atoms with Crippen LogP contribution in [0.5, 0.6) is 0 Å². The molecule has 0 N–H and O–H groups in total. The molecule has 4 nitrogen and oxygen atoms in total. The normalized spacial score (nSPS) is 11.2. The molecule has 5 heteroatoms. The molecule has 0 saturated heterocycles. The Morgan fingerprint density at radius 1 is 1.08 bits per heavy atom. The second-order valence-electron chi connectivity index (χ2n) is 5.81. The van der Waals surface area contributed by atoms with Gasteiger partial charge in [-0.25, -0.2) is 4.79 Å². The maximum absolute atomic E-state index is 12.4. The van der Waals surface area contributed by atoms with Gasteiger partial charge in [-0.1, -0.05) is 29.8 Å². The molecule has 0 aliphatic heterocycles. The molecule has 3 aromatic rings. The zero-order chi connectivity index (χ0) is 18.0. The zero-order valence-corrected chi connectivity index (χ0v) is 14.6. The first-order valence-electron chi connectivity index (χ1n) is 7.67. The minimum atomic E-state index is -0.660. The van der Waals surface area contributed by atoms with Gasteiger partial charge in [0, 0.05) is 30.2 Å². The number of ketones is 1. The van der Waals surface area contributed by atoms with Crippen LogP contribution >= 0.6 is 11.6 Å². The number of fused-ring (bicyclic) bond motifs is 1. The predicted octanol–water partition coefficient (Wildman–Crippen LogP) is 4.41. The van der Waals surface area contributed by atoms with E-state index >= 15 is 0 Å². The first-order chi connectivity index (χ1) is 11.9. The summed E-state index contributed by atoms with van der Waals surface area (Å²) < 4.78 is 5.19. The summed E-state index contributed by atoms with van der Waals surface area (Å²) in [5.41, 5.74) is 1.65. The van der Waals surface area contributed by atoms with E-state index in [4.69, 9.17) is 16.0 Å². The number of carbonyl (C=O) groups excluding carboxylic acids is 1. The van der Waals surface area contributed by atoms with Gasteiger partial charge in [-0.3, -0.25) is 4.79 Å². The Balaban J connectivity index is 1.88. The van der Waals surface area contributed by atoms with Crippen molar-refractivity contribution in [1.29, 1.82) is 0 Å². The van der Waals surface area contributed by atoms with E-state index in [2.05, 4.69) is 0 Å². The summed E-state index contributed by atoms with van der Waals surface area (Å²) >= 11 is 5.94. The van der Waals surface area contributed by atoms with Gasteiger partial charge in [0.15, 0.2) is 5.78 Å². The molecule has 0 aliphatic rings. The molecule has 0 spiro atoms. The van der Waals surface area contributed by atoms with Gasteiger partial charge in [-0.15, -0.1) is 0 Å². The number of allylic oxidation sites excluding steroid dienone is 1. The van der Waals surface area contributed by atoms with Crippen LogP contribution in [0.4, 0.5) is 5.69 Å². The van der Waals surface area contributed by atoms with Crippen LogP contribution in [0.2, 0.25) is 5.02 Å². The lowest BCUT2D eigenvalue weighted by molar-refractivity contribution is 0.104. The number of anilines is 1. The molecular formula is C20H16ClNO3. The molecule has 126 valence electrons. The highest BCUT2D eigenvalue weighted by Gasteiger charge is 2.11. The van der Waals surface area contributed by atoms with Crippen molar-refractivity contribution in [2.24, 2.45) is 0 Å². The van der Waals surface area contributed by atoms with Gasteiger partial charge in [0.25, 0.3) is 0 Å². The zero-order valence-electron chi connectivity index (χ0n) is 13.8. The fourth-order valence-electron chi connectivity index (χ4n) is 2.41. The Labute approximate surface area is 149 Å². The van der Waals surface area contributed by atoms with Crippen molar-refractivity contribution in [3.8, 4) is 0 Å². The highest BCUT2D eigenvalue weighted by Crippen LogP contribution is 2.19. The fourth-order valence-corrected chi connectivity index (χ4v) is 2.59. The van der Waals surface area contributed by atoms with Gasteiger partial charge < -0.3 is 9.32 Å². The van der Waals surface area contributed by atoms with Crippen molar-refractivity contribution in [3.63, 3.8) is 0 Å².